The lowest BCUT2D eigenvalue weighted by Gasteiger charge is -2.02. The van der Waals surface area contributed by atoms with Crippen LogP contribution < -0.4 is 0 Å². The van der Waals surface area contributed by atoms with E-state index in [1.807, 2.05) is 36.5 Å². The summed E-state index contributed by atoms with van der Waals surface area (Å²) in [6.07, 6.45) is 1.88. The minimum absolute atomic E-state index is 0.685. The van der Waals surface area contributed by atoms with Gasteiger partial charge in [0.2, 0.25) is 0 Å². The van der Waals surface area contributed by atoms with Gasteiger partial charge in [-0.3, -0.25) is 0 Å². The smallest absolute Gasteiger partial charge is 0.0991 e. The molecule has 1 heterocycles. The molecule has 0 unspecified atom stereocenters. The maximum absolute atomic E-state index is 8.78. The van der Waals surface area contributed by atoms with Gasteiger partial charge in [0.1, 0.15) is 0 Å². The molecular weight excluding hydrogens is 228 g/mol. The number of nitriles is 1. The molecule has 0 N–H and O–H groups in total. The molecule has 80 valence electrons. The van der Waals surface area contributed by atoms with Crippen molar-refractivity contribution in [1.29, 1.82) is 5.26 Å². The van der Waals surface area contributed by atoms with Gasteiger partial charge in [0.15, 0.2) is 0 Å². The average molecular weight is 236 g/mol. The van der Waals surface area contributed by atoms with Crippen molar-refractivity contribution < 1.29 is 0 Å². The first-order valence-corrected chi connectivity index (χ1v) is 6.00. The van der Waals surface area contributed by atoms with Crippen molar-refractivity contribution in [3.05, 3.63) is 54.2 Å². The van der Waals surface area contributed by atoms with Gasteiger partial charge < -0.3 is 0 Å². The van der Waals surface area contributed by atoms with Crippen molar-refractivity contribution in [1.82, 2.24) is 4.37 Å². The SMILES string of the molecule is N#Cc1ccc(-c2cccc3cnsc23)cc1. The van der Waals surface area contributed by atoms with Gasteiger partial charge in [0.05, 0.1) is 16.3 Å². The van der Waals surface area contributed by atoms with Gasteiger partial charge in [-0.1, -0.05) is 30.3 Å². The second-order valence-corrected chi connectivity index (χ2v) is 4.54. The Labute approximate surface area is 103 Å². The topological polar surface area (TPSA) is 36.7 Å². The third kappa shape index (κ3) is 1.69. The van der Waals surface area contributed by atoms with Crippen LogP contribution in [0.1, 0.15) is 5.56 Å². The predicted octanol–water partition coefficient (Wildman–Crippen LogP) is 3.83. The zero-order chi connectivity index (χ0) is 11.7. The summed E-state index contributed by atoms with van der Waals surface area (Å²) in [7, 11) is 0. The van der Waals surface area contributed by atoms with E-state index in [1.165, 1.54) is 21.8 Å². The Hall–Kier alpha value is -2.18. The molecule has 2 aromatic carbocycles. The van der Waals surface area contributed by atoms with E-state index in [0.29, 0.717) is 5.56 Å². The molecule has 3 heteroatoms. The van der Waals surface area contributed by atoms with E-state index in [4.69, 9.17) is 5.26 Å². The van der Waals surface area contributed by atoms with Crippen LogP contribution in [0, 0.1) is 11.3 Å². The maximum atomic E-state index is 8.78. The van der Waals surface area contributed by atoms with Crippen molar-refractivity contribution in [2.75, 3.05) is 0 Å². The van der Waals surface area contributed by atoms with Gasteiger partial charge in [-0.25, -0.2) is 0 Å². The van der Waals surface area contributed by atoms with Gasteiger partial charge in [-0.15, -0.1) is 0 Å². The zero-order valence-corrected chi connectivity index (χ0v) is 9.74. The largest absolute Gasteiger partial charge is 0.200 e. The Morgan fingerprint density at radius 3 is 2.65 bits per heavy atom. The summed E-state index contributed by atoms with van der Waals surface area (Å²) in [5.74, 6) is 0. The molecule has 0 saturated heterocycles. The third-order valence-corrected chi connectivity index (χ3v) is 3.56. The second kappa shape index (κ2) is 4.00. The molecule has 0 radical (unpaired) electrons. The van der Waals surface area contributed by atoms with Crippen LogP contribution in [-0.4, -0.2) is 4.37 Å². The number of rotatable bonds is 1. The number of fused-ring (bicyclic) bond motifs is 1. The fraction of sp³-hybridized carbons (Fsp3) is 0. The summed E-state index contributed by atoms with van der Waals surface area (Å²) >= 11 is 1.50. The Morgan fingerprint density at radius 2 is 1.88 bits per heavy atom. The molecule has 0 aliphatic rings. The highest BCUT2D eigenvalue weighted by atomic mass is 32.1. The van der Waals surface area contributed by atoms with E-state index in [0.717, 1.165) is 10.9 Å². The van der Waals surface area contributed by atoms with Crippen molar-refractivity contribution in [3.63, 3.8) is 0 Å². The lowest BCUT2D eigenvalue weighted by molar-refractivity contribution is 1.48. The Kier molecular flexibility index (Phi) is 2.36. The van der Waals surface area contributed by atoms with Gasteiger partial charge >= 0.3 is 0 Å². The normalized spacial score (nSPS) is 10.3. The summed E-state index contributed by atoms with van der Waals surface area (Å²) in [4.78, 5) is 0. The predicted molar refractivity (Wildman–Crippen MR) is 69.8 cm³/mol. The number of nitrogens with zero attached hydrogens (tertiary/aromatic N) is 2. The molecular formula is C14H8N2S. The van der Waals surface area contributed by atoms with Crippen LogP contribution in [-0.2, 0) is 0 Å². The van der Waals surface area contributed by atoms with Crippen LogP contribution in [0.5, 0.6) is 0 Å². The van der Waals surface area contributed by atoms with E-state index in [2.05, 4.69) is 22.6 Å². The van der Waals surface area contributed by atoms with Crippen LogP contribution in [0.2, 0.25) is 0 Å². The Morgan fingerprint density at radius 1 is 1.06 bits per heavy atom. The summed E-state index contributed by atoms with van der Waals surface area (Å²) < 4.78 is 5.40. The van der Waals surface area contributed by atoms with Gasteiger partial charge in [0, 0.05) is 17.1 Å². The quantitative estimate of drug-likeness (QED) is 0.643. The molecule has 3 rings (SSSR count). The third-order valence-electron chi connectivity index (χ3n) is 2.71. The molecule has 1 aromatic heterocycles. The lowest BCUT2D eigenvalue weighted by atomic mass is 10.0. The minimum Gasteiger partial charge on any atom is -0.200 e. The number of benzene rings is 2. The van der Waals surface area contributed by atoms with E-state index in [9.17, 15) is 0 Å². The Bertz CT molecular complexity index is 705. The highest BCUT2D eigenvalue weighted by molar-refractivity contribution is 7.13. The summed E-state index contributed by atoms with van der Waals surface area (Å²) in [6, 6.07) is 16.0. The zero-order valence-electron chi connectivity index (χ0n) is 8.92. The molecule has 0 aliphatic carbocycles. The number of aromatic nitrogens is 1. The molecule has 2 nitrogen and oxygen atoms in total. The molecule has 0 atom stereocenters. The van der Waals surface area contributed by atoms with Crippen LogP contribution >= 0.6 is 11.5 Å². The van der Waals surface area contributed by atoms with Crippen LogP contribution in [0.25, 0.3) is 21.2 Å². The lowest BCUT2D eigenvalue weighted by Crippen LogP contribution is -1.79. The standard InChI is InChI=1S/C14H8N2S/c15-8-10-4-6-11(7-5-10)13-3-1-2-12-9-16-17-14(12)13/h1-7,9H. The molecule has 0 amide bonds. The molecule has 3 aromatic rings. The number of hydrogen-bond acceptors (Lipinski definition) is 3. The van der Waals surface area contributed by atoms with Gasteiger partial charge in [-0.2, -0.15) is 9.64 Å². The monoisotopic (exact) mass is 236 g/mol. The molecule has 0 spiro atoms. The first kappa shape index (κ1) is 10.0. The van der Waals surface area contributed by atoms with Gasteiger partial charge in [0.25, 0.3) is 0 Å². The van der Waals surface area contributed by atoms with E-state index < -0.39 is 0 Å². The van der Waals surface area contributed by atoms with Crippen LogP contribution in [0.15, 0.2) is 48.7 Å². The average Bonchev–Trinajstić information content (AvgIpc) is 2.87. The van der Waals surface area contributed by atoms with E-state index >= 15 is 0 Å². The van der Waals surface area contributed by atoms with Crippen molar-refractivity contribution >= 4 is 21.6 Å². The van der Waals surface area contributed by atoms with Crippen LogP contribution in [0.3, 0.4) is 0 Å². The van der Waals surface area contributed by atoms with Crippen molar-refractivity contribution in [2.45, 2.75) is 0 Å². The maximum Gasteiger partial charge on any atom is 0.0991 e. The fourth-order valence-corrected chi connectivity index (χ4v) is 2.63. The summed E-state index contributed by atoms with van der Waals surface area (Å²) in [5, 5.41) is 9.94. The Balaban J connectivity index is 2.20. The molecule has 17 heavy (non-hydrogen) atoms. The van der Waals surface area contributed by atoms with Gasteiger partial charge in [-0.05, 0) is 29.2 Å². The first-order chi connectivity index (χ1) is 8.38. The van der Waals surface area contributed by atoms with E-state index in [1.54, 1.807) is 0 Å². The molecule has 0 saturated carbocycles. The van der Waals surface area contributed by atoms with Crippen molar-refractivity contribution in [3.8, 4) is 17.2 Å². The highest BCUT2D eigenvalue weighted by Gasteiger charge is 2.05. The fourth-order valence-electron chi connectivity index (χ4n) is 1.85. The minimum atomic E-state index is 0.685. The van der Waals surface area contributed by atoms with Crippen LogP contribution in [0.4, 0.5) is 0 Å². The summed E-state index contributed by atoms with van der Waals surface area (Å²) in [6.45, 7) is 0. The second-order valence-electron chi connectivity index (χ2n) is 3.74. The highest BCUT2D eigenvalue weighted by Crippen LogP contribution is 2.31. The molecule has 0 fully saturated rings. The number of hydrogen-bond donors (Lipinski definition) is 0. The van der Waals surface area contributed by atoms with E-state index in [-0.39, 0.29) is 0 Å². The molecule has 0 aliphatic heterocycles. The molecule has 0 bridgehead atoms. The van der Waals surface area contributed by atoms with Crippen molar-refractivity contribution in [2.24, 2.45) is 0 Å². The summed E-state index contributed by atoms with van der Waals surface area (Å²) in [5.41, 5.74) is 2.98. The first-order valence-electron chi connectivity index (χ1n) is 5.22.